The van der Waals surface area contributed by atoms with Gasteiger partial charge in [0.15, 0.2) is 0 Å². The first-order chi connectivity index (χ1) is 9.39. The van der Waals surface area contributed by atoms with Gasteiger partial charge in [-0.1, -0.05) is 0 Å². The second-order valence-corrected chi connectivity index (χ2v) is 7.40. The summed E-state index contributed by atoms with van der Waals surface area (Å²) in [6.07, 6.45) is -0.557. The molecule has 1 N–H and O–H groups in total. The number of hydrogen-bond donors (Lipinski definition) is 1. The summed E-state index contributed by atoms with van der Waals surface area (Å²) in [6.45, 7) is 10.9. The molecule has 0 radical (unpaired) electrons. The molecule has 1 aliphatic rings. The van der Waals surface area contributed by atoms with Gasteiger partial charge >= 0.3 is 12.1 Å². The van der Waals surface area contributed by atoms with E-state index in [0.717, 1.165) is 0 Å². The van der Waals surface area contributed by atoms with Crippen LogP contribution in [0, 0.1) is 0 Å². The number of nitrogens with zero attached hydrogens (tertiary/aromatic N) is 1. The molecular formula is C15H27NO5. The van der Waals surface area contributed by atoms with Gasteiger partial charge in [0.25, 0.3) is 0 Å². The van der Waals surface area contributed by atoms with E-state index in [2.05, 4.69) is 0 Å². The largest absolute Gasteiger partial charge is 0.458 e. The lowest BCUT2D eigenvalue weighted by Gasteiger charge is -2.38. The van der Waals surface area contributed by atoms with Crippen LogP contribution in [-0.4, -0.2) is 52.0 Å². The predicted molar refractivity (Wildman–Crippen MR) is 77.8 cm³/mol. The quantitative estimate of drug-likeness (QED) is 0.750. The lowest BCUT2D eigenvalue weighted by Crippen LogP contribution is -2.54. The van der Waals surface area contributed by atoms with Crippen LogP contribution in [-0.2, 0) is 14.3 Å². The van der Waals surface area contributed by atoms with Gasteiger partial charge in [-0.15, -0.1) is 0 Å². The van der Waals surface area contributed by atoms with E-state index in [1.54, 1.807) is 41.5 Å². The molecule has 2 atom stereocenters. The molecule has 1 heterocycles. The van der Waals surface area contributed by atoms with Crippen molar-refractivity contribution in [2.24, 2.45) is 0 Å². The predicted octanol–water partition coefficient (Wildman–Crippen LogP) is 2.09. The van der Waals surface area contributed by atoms with Crippen molar-refractivity contribution in [1.82, 2.24) is 4.90 Å². The number of rotatable bonds is 1. The molecule has 1 fully saturated rings. The van der Waals surface area contributed by atoms with E-state index in [1.165, 1.54) is 4.90 Å². The molecule has 0 aromatic rings. The number of ether oxygens (including phenoxy) is 2. The summed E-state index contributed by atoms with van der Waals surface area (Å²) >= 11 is 0. The van der Waals surface area contributed by atoms with Gasteiger partial charge in [-0.3, -0.25) is 4.90 Å². The SMILES string of the molecule is CC(C)(C)OC(=O)C1CC(O)CCN1C(=O)OC(C)(C)C. The van der Waals surface area contributed by atoms with Gasteiger partial charge in [-0.25, -0.2) is 9.59 Å². The van der Waals surface area contributed by atoms with Crippen LogP contribution in [0.4, 0.5) is 4.79 Å². The number of amides is 1. The maximum Gasteiger partial charge on any atom is 0.411 e. The summed E-state index contributed by atoms with van der Waals surface area (Å²) in [7, 11) is 0. The molecule has 0 aromatic heterocycles. The van der Waals surface area contributed by atoms with Crippen LogP contribution in [0.1, 0.15) is 54.4 Å². The van der Waals surface area contributed by atoms with Crippen molar-refractivity contribution in [2.45, 2.75) is 77.7 Å². The highest BCUT2D eigenvalue weighted by Gasteiger charge is 2.39. The van der Waals surface area contributed by atoms with Crippen LogP contribution in [0.25, 0.3) is 0 Å². The molecule has 1 amide bonds. The van der Waals surface area contributed by atoms with E-state index in [0.29, 0.717) is 6.42 Å². The zero-order chi connectivity index (χ0) is 16.4. The molecule has 1 rings (SSSR count). The fourth-order valence-electron chi connectivity index (χ4n) is 2.08. The Morgan fingerprint density at radius 2 is 1.57 bits per heavy atom. The van der Waals surface area contributed by atoms with E-state index in [9.17, 15) is 14.7 Å². The molecule has 0 saturated carbocycles. The zero-order valence-corrected chi connectivity index (χ0v) is 13.8. The van der Waals surface area contributed by atoms with Crippen LogP contribution in [0.3, 0.4) is 0 Å². The van der Waals surface area contributed by atoms with E-state index >= 15 is 0 Å². The summed E-state index contributed by atoms with van der Waals surface area (Å²) in [5.41, 5.74) is -1.27. The average molecular weight is 301 g/mol. The highest BCUT2D eigenvalue weighted by Crippen LogP contribution is 2.23. The molecule has 6 heteroatoms. The Labute approximate surface area is 126 Å². The second kappa shape index (κ2) is 6.22. The summed E-state index contributed by atoms with van der Waals surface area (Å²) < 4.78 is 10.7. The topological polar surface area (TPSA) is 76.1 Å². The third-order valence-electron chi connectivity index (χ3n) is 2.88. The van der Waals surface area contributed by atoms with Gasteiger partial charge in [0.1, 0.15) is 17.2 Å². The van der Waals surface area contributed by atoms with E-state index in [1.807, 2.05) is 0 Å². The minimum Gasteiger partial charge on any atom is -0.458 e. The van der Waals surface area contributed by atoms with E-state index in [-0.39, 0.29) is 13.0 Å². The number of hydrogen-bond acceptors (Lipinski definition) is 5. The Bertz CT molecular complexity index is 394. The number of carbonyl (C=O) groups is 2. The molecule has 6 nitrogen and oxygen atoms in total. The summed E-state index contributed by atoms with van der Waals surface area (Å²) in [5.74, 6) is -0.507. The summed E-state index contributed by atoms with van der Waals surface area (Å²) in [6, 6.07) is -0.803. The van der Waals surface area contributed by atoms with Crippen LogP contribution in [0.5, 0.6) is 0 Å². The standard InChI is InChI=1S/C15H27NO5/c1-14(2,3)20-12(18)11-9-10(17)7-8-16(11)13(19)21-15(4,5)6/h10-11,17H,7-9H2,1-6H3. The van der Waals surface area contributed by atoms with Crippen molar-refractivity contribution in [3.63, 3.8) is 0 Å². The van der Waals surface area contributed by atoms with E-state index in [4.69, 9.17) is 9.47 Å². The highest BCUT2D eigenvalue weighted by molar-refractivity contribution is 5.82. The molecule has 2 unspecified atom stereocenters. The van der Waals surface area contributed by atoms with Crippen LogP contribution >= 0.6 is 0 Å². The maximum atomic E-state index is 12.3. The van der Waals surface area contributed by atoms with Crippen molar-refractivity contribution < 1.29 is 24.2 Å². The number of aliphatic hydroxyl groups is 1. The number of likely N-dealkylation sites (tertiary alicyclic amines) is 1. The third-order valence-corrected chi connectivity index (χ3v) is 2.88. The monoisotopic (exact) mass is 301 g/mol. The van der Waals surface area contributed by atoms with Crippen molar-refractivity contribution in [3.05, 3.63) is 0 Å². The first-order valence-electron chi connectivity index (χ1n) is 7.29. The minimum absolute atomic E-state index is 0.175. The molecule has 21 heavy (non-hydrogen) atoms. The number of aliphatic hydroxyl groups excluding tert-OH is 1. The molecule has 0 bridgehead atoms. The molecule has 1 aliphatic heterocycles. The lowest BCUT2D eigenvalue weighted by atomic mass is 9.99. The fourth-order valence-corrected chi connectivity index (χ4v) is 2.08. The Morgan fingerprint density at radius 1 is 1.05 bits per heavy atom. The van der Waals surface area contributed by atoms with Gasteiger partial charge in [0.2, 0.25) is 0 Å². The first kappa shape index (κ1) is 17.8. The Hall–Kier alpha value is -1.30. The molecule has 122 valence electrons. The first-order valence-corrected chi connectivity index (χ1v) is 7.29. The minimum atomic E-state index is -0.803. The van der Waals surface area contributed by atoms with Gasteiger partial charge in [-0.05, 0) is 48.0 Å². The highest BCUT2D eigenvalue weighted by atomic mass is 16.6. The second-order valence-electron chi connectivity index (χ2n) is 7.40. The van der Waals surface area contributed by atoms with Crippen LogP contribution in [0.15, 0.2) is 0 Å². The normalized spacial score (nSPS) is 23.7. The Morgan fingerprint density at radius 3 is 2.05 bits per heavy atom. The Kier molecular flexibility index (Phi) is 5.25. The molecule has 0 spiro atoms. The van der Waals surface area contributed by atoms with Crippen molar-refractivity contribution in [3.8, 4) is 0 Å². The van der Waals surface area contributed by atoms with Gasteiger partial charge < -0.3 is 14.6 Å². The van der Waals surface area contributed by atoms with Crippen molar-refractivity contribution >= 4 is 12.1 Å². The lowest BCUT2D eigenvalue weighted by molar-refractivity contribution is -0.164. The molecule has 1 saturated heterocycles. The summed E-state index contributed by atoms with van der Waals surface area (Å²) in [5, 5.41) is 9.77. The van der Waals surface area contributed by atoms with Crippen LogP contribution < -0.4 is 0 Å². The van der Waals surface area contributed by atoms with Crippen LogP contribution in [0.2, 0.25) is 0 Å². The molecule has 0 aromatic carbocycles. The molecule has 0 aliphatic carbocycles. The van der Waals surface area contributed by atoms with Gasteiger partial charge in [0.05, 0.1) is 6.10 Å². The smallest absolute Gasteiger partial charge is 0.411 e. The van der Waals surface area contributed by atoms with Crippen molar-refractivity contribution in [1.29, 1.82) is 0 Å². The Balaban J connectivity index is 2.84. The third kappa shape index (κ3) is 5.91. The van der Waals surface area contributed by atoms with Gasteiger partial charge in [-0.2, -0.15) is 0 Å². The number of carbonyl (C=O) groups excluding carboxylic acids is 2. The molecular weight excluding hydrogens is 274 g/mol. The zero-order valence-electron chi connectivity index (χ0n) is 13.8. The summed E-state index contributed by atoms with van der Waals surface area (Å²) in [4.78, 5) is 25.8. The average Bonchev–Trinajstić information content (AvgIpc) is 2.23. The van der Waals surface area contributed by atoms with Crippen molar-refractivity contribution in [2.75, 3.05) is 6.54 Å². The number of esters is 1. The maximum absolute atomic E-state index is 12.3. The number of piperidine rings is 1. The van der Waals surface area contributed by atoms with Gasteiger partial charge in [0, 0.05) is 13.0 Å². The van der Waals surface area contributed by atoms with E-state index < -0.39 is 35.4 Å². The fraction of sp³-hybridized carbons (Fsp3) is 0.867.